The average Bonchev–Trinajstić information content (AvgIpc) is 3.17. The van der Waals surface area contributed by atoms with Gasteiger partial charge in [0.1, 0.15) is 6.54 Å². The number of guanidine groups is 1. The normalized spacial score (nSPS) is 23.7. The van der Waals surface area contributed by atoms with Crippen LogP contribution in [0.1, 0.15) is 19.8 Å². The van der Waals surface area contributed by atoms with Crippen molar-refractivity contribution < 1.29 is 9.53 Å². The lowest BCUT2D eigenvalue weighted by Crippen LogP contribution is -2.48. The van der Waals surface area contributed by atoms with Crippen LogP contribution in [-0.2, 0) is 9.53 Å². The van der Waals surface area contributed by atoms with Crippen LogP contribution in [0, 0.1) is 5.92 Å². The minimum atomic E-state index is -0.0499. The molecule has 7 heteroatoms. The minimum Gasteiger partial charge on any atom is -0.375 e. The molecule has 0 spiro atoms. The molecule has 1 heterocycles. The first-order valence-corrected chi connectivity index (χ1v) is 6.58. The number of nitrogens with one attached hydrogen (secondary N) is 1. The first kappa shape index (κ1) is 16.5. The first-order valence-electron chi connectivity index (χ1n) is 6.58. The van der Waals surface area contributed by atoms with Crippen LogP contribution in [-0.4, -0.2) is 55.7 Å². The van der Waals surface area contributed by atoms with Gasteiger partial charge in [-0.2, -0.15) is 0 Å². The summed E-state index contributed by atoms with van der Waals surface area (Å²) in [6, 6.07) is 0. The number of carbonyl (C=O) groups excluding carboxylic acids is 1. The van der Waals surface area contributed by atoms with Gasteiger partial charge in [0.2, 0.25) is 5.91 Å². The Morgan fingerprint density at radius 3 is 2.89 bits per heavy atom. The number of aliphatic imine (C=N–C) groups is 1. The predicted molar refractivity (Wildman–Crippen MR) is 84.6 cm³/mol. The molecular formula is C12H23IN4O2. The third kappa shape index (κ3) is 5.94. The molecule has 6 nitrogen and oxygen atoms in total. The van der Waals surface area contributed by atoms with E-state index < -0.39 is 0 Å². The molecule has 1 aliphatic heterocycles. The van der Waals surface area contributed by atoms with Gasteiger partial charge >= 0.3 is 0 Å². The molecule has 1 atom stereocenters. The van der Waals surface area contributed by atoms with E-state index in [1.54, 1.807) is 0 Å². The Labute approximate surface area is 131 Å². The van der Waals surface area contributed by atoms with Crippen molar-refractivity contribution in [2.45, 2.75) is 25.9 Å². The highest BCUT2D eigenvalue weighted by atomic mass is 127. The molecule has 2 rings (SSSR count). The van der Waals surface area contributed by atoms with E-state index in [4.69, 9.17) is 10.5 Å². The Kier molecular flexibility index (Phi) is 6.84. The Morgan fingerprint density at radius 1 is 1.53 bits per heavy atom. The minimum absolute atomic E-state index is 0. The van der Waals surface area contributed by atoms with Gasteiger partial charge in [0, 0.05) is 19.6 Å². The number of carbonyl (C=O) groups is 1. The van der Waals surface area contributed by atoms with Gasteiger partial charge in [-0.1, -0.05) is 0 Å². The Morgan fingerprint density at radius 2 is 2.26 bits per heavy atom. The van der Waals surface area contributed by atoms with E-state index in [1.165, 1.54) is 12.8 Å². The number of hydrogen-bond acceptors (Lipinski definition) is 3. The third-order valence-electron chi connectivity index (χ3n) is 3.23. The fraction of sp³-hybridized carbons (Fsp3) is 0.833. The van der Waals surface area contributed by atoms with Crippen molar-refractivity contribution in [2.75, 3.05) is 32.8 Å². The average molecular weight is 382 g/mol. The SMILES string of the molecule is CC1CN(C(N)=NCC(=O)NCC2CC2)CCO1.I. The second-order valence-electron chi connectivity index (χ2n) is 5.05. The molecule has 0 aromatic carbocycles. The monoisotopic (exact) mass is 382 g/mol. The lowest BCUT2D eigenvalue weighted by Gasteiger charge is -2.31. The van der Waals surface area contributed by atoms with E-state index in [1.807, 2.05) is 11.8 Å². The number of morpholine rings is 1. The molecule has 1 amide bonds. The number of halogens is 1. The molecule has 19 heavy (non-hydrogen) atoms. The highest BCUT2D eigenvalue weighted by Crippen LogP contribution is 2.27. The summed E-state index contributed by atoms with van der Waals surface area (Å²) in [6.07, 6.45) is 2.63. The van der Waals surface area contributed by atoms with Crippen LogP contribution in [0.3, 0.4) is 0 Å². The summed E-state index contributed by atoms with van der Waals surface area (Å²) in [5.41, 5.74) is 5.87. The predicted octanol–water partition coefficient (Wildman–Crippen LogP) is 0.166. The van der Waals surface area contributed by atoms with Crippen molar-refractivity contribution in [3.05, 3.63) is 0 Å². The zero-order chi connectivity index (χ0) is 13.0. The molecule has 2 fully saturated rings. The smallest absolute Gasteiger partial charge is 0.241 e. The molecule has 0 bridgehead atoms. The Bertz CT molecular complexity index is 334. The summed E-state index contributed by atoms with van der Waals surface area (Å²) in [5, 5.41) is 2.87. The van der Waals surface area contributed by atoms with Crippen molar-refractivity contribution in [1.29, 1.82) is 0 Å². The van der Waals surface area contributed by atoms with Crippen molar-refractivity contribution in [2.24, 2.45) is 16.6 Å². The van der Waals surface area contributed by atoms with E-state index in [0.717, 1.165) is 19.6 Å². The van der Waals surface area contributed by atoms with Crippen LogP contribution >= 0.6 is 24.0 Å². The molecule has 0 aromatic rings. The number of nitrogens with two attached hydrogens (primary N) is 1. The maximum atomic E-state index is 11.5. The number of ether oxygens (including phenoxy) is 1. The van der Waals surface area contributed by atoms with Crippen molar-refractivity contribution in [1.82, 2.24) is 10.2 Å². The Hall–Kier alpha value is -0.570. The van der Waals surface area contributed by atoms with Gasteiger partial charge in [-0.15, -0.1) is 24.0 Å². The summed E-state index contributed by atoms with van der Waals surface area (Å²) in [7, 11) is 0. The van der Waals surface area contributed by atoms with Crippen molar-refractivity contribution in [3.63, 3.8) is 0 Å². The van der Waals surface area contributed by atoms with Gasteiger partial charge in [0.05, 0.1) is 12.7 Å². The summed E-state index contributed by atoms with van der Waals surface area (Å²) in [6.45, 7) is 5.03. The summed E-state index contributed by atoms with van der Waals surface area (Å²) in [4.78, 5) is 17.6. The lowest BCUT2D eigenvalue weighted by molar-refractivity contribution is -0.119. The van der Waals surface area contributed by atoms with E-state index >= 15 is 0 Å². The third-order valence-corrected chi connectivity index (χ3v) is 3.23. The van der Waals surface area contributed by atoms with Crippen LogP contribution < -0.4 is 11.1 Å². The number of rotatable bonds is 4. The maximum Gasteiger partial charge on any atom is 0.241 e. The van der Waals surface area contributed by atoms with Crippen LogP contribution in [0.5, 0.6) is 0 Å². The topological polar surface area (TPSA) is 80.0 Å². The maximum absolute atomic E-state index is 11.5. The molecule has 1 saturated carbocycles. The van der Waals surface area contributed by atoms with Crippen LogP contribution in [0.15, 0.2) is 4.99 Å². The fourth-order valence-corrected chi connectivity index (χ4v) is 1.92. The molecule has 0 aromatic heterocycles. The Balaban J connectivity index is 0.00000180. The lowest BCUT2D eigenvalue weighted by atomic mass is 10.3. The summed E-state index contributed by atoms with van der Waals surface area (Å²) in [5.74, 6) is 1.08. The zero-order valence-corrected chi connectivity index (χ0v) is 13.6. The quantitative estimate of drug-likeness (QED) is 0.413. The highest BCUT2D eigenvalue weighted by molar-refractivity contribution is 14.0. The van der Waals surface area contributed by atoms with Crippen LogP contribution in [0.2, 0.25) is 0 Å². The molecule has 2 aliphatic rings. The number of nitrogens with zero attached hydrogens (tertiary/aromatic N) is 2. The fourth-order valence-electron chi connectivity index (χ4n) is 1.92. The second kappa shape index (κ2) is 7.88. The summed E-state index contributed by atoms with van der Waals surface area (Å²) < 4.78 is 5.42. The van der Waals surface area contributed by atoms with Crippen molar-refractivity contribution in [3.8, 4) is 0 Å². The molecular weight excluding hydrogens is 359 g/mol. The van der Waals surface area contributed by atoms with E-state index in [0.29, 0.717) is 18.5 Å². The van der Waals surface area contributed by atoms with Gasteiger partial charge in [-0.3, -0.25) is 4.79 Å². The van der Waals surface area contributed by atoms with Crippen LogP contribution in [0.25, 0.3) is 0 Å². The molecule has 0 radical (unpaired) electrons. The van der Waals surface area contributed by atoms with Gasteiger partial charge in [-0.25, -0.2) is 4.99 Å². The molecule has 1 unspecified atom stereocenters. The summed E-state index contributed by atoms with van der Waals surface area (Å²) >= 11 is 0. The van der Waals surface area contributed by atoms with E-state index in [9.17, 15) is 4.79 Å². The second-order valence-corrected chi connectivity index (χ2v) is 5.05. The van der Waals surface area contributed by atoms with Gasteiger partial charge in [-0.05, 0) is 25.7 Å². The largest absolute Gasteiger partial charge is 0.375 e. The first-order chi connectivity index (χ1) is 8.65. The van der Waals surface area contributed by atoms with Gasteiger partial charge in [0.15, 0.2) is 5.96 Å². The molecule has 1 aliphatic carbocycles. The van der Waals surface area contributed by atoms with Gasteiger partial charge < -0.3 is 20.7 Å². The van der Waals surface area contributed by atoms with Crippen molar-refractivity contribution >= 4 is 35.8 Å². The standard InChI is InChI=1S/C12H22N4O2.HI/c1-9-8-16(4-5-18-9)12(13)15-7-11(17)14-6-10-2-3-10;/h9-10H,2-8H2,1H3,(H2,13,15)(H,14,17);1H. The number of hydrogen-bond donors (Lipinski definition) is 2. The molecule has 110 valence electrons. The molecule has 3 N–H and O–H groups in total. The molecule has 1 saturated heterocycles. The van der Waals surface area contributed by atoms with Crippen LogP contribution in [0.4, 0.5) is 0 Å². The van der Waals surface area contributed by atoms with Gasteiger partial charge in [0.25, 0.3) is 0 Å². The van der Waals surface area contributed by atoms with E-state index in [2.05, 4.69) is 10.3 Å². The zero-order valence-electron chi connectivity index (χ0n) is 11.3. The van der Waals surface area contributed by atoms with E-state index in [-0.39, 0.29) is 42.5 Å². The highest BCUT2D eigenvalue weighted by Gasteiger charge is 2.21. The number of amides is 1.